The van der Waals surface area contributed by atoms with Crippen LogP contribution in [0.1, 0.15) is 17.3 Å². The Hall–Kier alpha value is -0.650. The number of amides is 1. The van der Waals surface area contributed by atoms with Crippen molar-refractivity contribution in [3.05, 3.63) is 45.4 Å². The molecule has 0 saturated carbocycles. The van der Waals surface area contributed by atoms with E-state index in [1.165, 1.54) is 0 Å². The van der Waals surface area contributed by atoms with Crippen molar-refractivity contribution in [3.8, 4) is 0 Å². The molecule has 1 amide bonds. The molecule has 3 nitrogen and oxygen atoms in total. The Bertz CT molecular complexity index is 435. The van der Waals surface area contributed by atoms with Crippen molar-refractivity contribution in [3.63, 3.8) is 0 Å². The van der Waals surface area contributed by atoms with Crippen LogP contribution in [0.4, 0.5) is 0 Å². The van der Waals surface area contributed by atoms with Gasteiger partial charge in [0.1, 0.15) is 0 Å². The lowest BCUT2D eigenvalue weighted by atomic mass is 10.2. The van der Waals surface area contributed by atoms with E-state index in [9.17, 15) is 4.79 Å². The van der Waals surface area contributed by atoms with Crippen LogP contribution in [0.3, 0.4) is 0 Å². The topological polar surface area (TPSA) is 38.3 Å². The minimum Gasteiger partial charge on any atom is -0.373 e. The number of carbonyl (C=O) groups is 1. The standard InChI is InChI=1S/C13H15Br2NO2/c1-3-6-18-9(2)8-16-13(17)11-7-10(14)4-5-12(11)15/h3-5,7,9H,1,6,8H2,2H3,(H,16,17). The van der Waals surface area contributed by atoms with Crippen molar-refractivity contribution in [1.82, 2.24) is 5.32 Å². The molecule has 1 N–H and O–H groups in total. The molecular formula is C13H15Br2NO2. The summed E-state index contributed by atoms with van der Waals surface area (Å²) in [5, 5.41) is 2.83. The SMILES string of the molecule is C=CCOC(C)CNC(=O)c1cc(Br)ccc1Br. The van der Waals surface area contributed by atoms with Crippen LogP contribution in [0.2, 0.25) is 0 Å². The zero-order valence-corrected chi connectivity index (χ0v) is 13.3. The van der Waals surface area contributed by atoms with E-state index in [1.807, 2.05) is 19.1 Å². The van der Waals surface area contributed by atoms with Gasteiger partial charge in [-0.25, -0.2) is 0 Å². The largest absolute Gasteiger partial charge is 0.373 e. The maximum absolute atomic E-state index is 12.0. The molecule has 0 aromatic heterocycles. The Balaban J connectivity index is 2.55. The zero-order valence-electron chi connectivity index (χ0n) is 10.1. The van der Waals surface area contributed by atoms with E-state index < -0.39 is 0 Å². The van der Waals surface area contributed by atoms with Gasteiger partial charge in [0.05, 0.1) is 18.3 Å². The first kappa shape index (κ1) is 15.4. The van der Waals surface area contributed by atoms with E-state index in [1.54, 1.807) is 12.1 Å². The van der Waals surface area contributed by atoms with Crippen LogP contribution in [-0.4, -0.2) is 25.2 Å². The van der Waals surface area contributed by atoms with Crippen LogP contribution in [-0.2, 0) is 4.74 Å². The fourth-order valence-electron chi connectivity index (χ4n) is 1.29. The highest BCUT2D eigenvalue weighted by molar-refractivity contribution is 9.11. The second-order valence-electron chi connectivity index (χ2n) is 3.77. The first-order chi connectivity index (χ1) is 8.54. The fraction of sp³-hybridized carbons (Fsp3) is 0.308. The Morgan fingerprint density at radius 2 is 2.28 bits per heavy atom. The molecule has 1 unspecified atom stereocenters. The van der Waals surface area contributed by atoms with E-state index in [2.05, 4.69) is 43.8 Å². The Labute approximate surface area is 124 Å². The minimum absolute atomic E-state index is 0.0436. The predicted octanol–water partition coefficient (Wildman–Crippen LogP) is 3.53. The number of benzene rings is 1. The van der Waals surface area contributed by atoms with Gasteiger partial charge in [0.2, 0.25) is 0 Å². The number of halogens is 2. The zero-order chi connectivity index (χ0) is 13.5. The van der Waals surface area contributed by atoms with E-state index in [4.69, 9.17) is 4.74 Å². The van der Waals surface area contributed by atoms with E-state index >= 15 is 0 Å². The summed E-state index contributed by atoms with van der Waals surface area (Å²) in [5.74, 6) is -0.128. The van der Waals surface area contributed by atoms with Gasteiger partial charge >= 0.3 is 0 Å². The first-order valence-electron chi connectivity index (χ1n) is 5.50. The van der Waals surface area contributed by atoms with Gasteiger partial charge in [0, 0.05) is 15.5 Å². The van der Waals surface area contributed by atoms with Crippen molar-refractivity contribution >= 4 is 37.8 Å². The number of ether oxygens (including phenoxy) is 1. The van der Waals surface area contributed by atoms with Gasteiger partial charge in [-0.05, 0) is 41.1 Å². The van der Waals surface area contributed by atoms with Crippen LogP contribution >= 0.6 is 31.9 Å². The molecule has 5 heteroatoms. The third kappa shape index (κ3) is 4.92. The number of carbonyl (C=O) groups excluding carboxylic acids is 1. The molecule has 1 aromatic carbocycles. The summed E-state index contributed by atoms with van der Waals surface area (Å²) < 4.78 is 7.01. The average molecular weight is 377 g/mol. The lowest BCUT2D eigenvalue weighted by molar-refractivity contribution is 0.0769. The highest BCUT2D eigenvalue weighted by Crippen LogP contribution is 2.21. The molecule has 0 heterocycles. The van der Waals surface area contributed by atoms with Gasteiger partial charge in [-0.1, -0.05) is 22.0 Å². The van der Waals surface area contributed by atoms with Gasteiger partial charge in [0.25, 0.3) is 5.91 Å². The molecule has 0 aliphatic carbocycles. The number of hydrogen-bond acceptors (Lipinski definition) is 2. The number of hydrogen-bond donors (Lipinski definition) is 1. The quantitative estimate of drug-likeness (QED) is 0.771. The van der Waals surface area contributed by atoms with Crippen molar-refractivity contribution in [2.24, 2.45) is 0 Å². The number of rotatable bonds is 6. The molecule has 0 spiro atoms. The summed E-state index contributed by atoms with van der Waals surface area (Å²) in [5.41, 5.74) is 0.597. The van der Waals surface area contributed by atoms with E-state index in [-0.39, 0.29) is 12.0 Å². The molecule has 0 saturated heterocycles. The Kier molecular flexibility index (Phi) is 6.60. The van der Waals surface area contributed by atoms with Crippen LogP contribution in [0, 0.1) is 0 Å². The van der Waals surface area contributed by atoms with E-state index in [0.29, 0.717) is 18.7 Å². The van der Waals surface area contributed by atoms with Gasteiger partial charge in [-0.15, -0.1) is 6.58 Å². The normalized spacial score (nSPS) is 11.9. The fourth-order valence-corrected chi connectivity index (χ4v) is 2.08. The van der Waals surface area contributed by atoms with Crippen LogP contribution in [0.15, 0.2) is 39.8 Å². The molecule has 1 rings (SSSR count). The highest BCUT2D eigenvalue weighted by Gasteiger charge is 2.11. The summed E-state index contributed by atoms with van der Waals surface area (Å²) in [6.07, 6.45) is 1.64. The molecule has 0 radical (unpaired) electrons. The predicted molar refractivity (Wildman–Crippen MR) is 79.8 cm³/mol. The average Bonchev–Trinajstić information content (AvgIpc) is 2.36. The van der Waals surface area contributed by atoms with Crippen LogP contribution < -0.4 is 5.32 Å². The molecule has 1 aromatic rings. The second kappa shape index (κ2) is 7.71. The van der Waals surface area contributed by atoms with Crippen LogP contribution in [0.5, 0.6) is 0 Å². The molecule has 0 aliphatic heterocycles. The van der Waals surface area contributed by atoms with E-state index in [0.717, 1.165) is 8.95 Å². The lowest BCUT2D eigenvalue weighted by Crippen LogP contribution is -2.32. The maximum Gasteiger partial charge on any atom is 0.252 e. The summed E-state index contributed by atoms with van der Waals surface area (Å²) in [7, 11) is 0. The summed E-state index contributed by atoms with van der Waals surface area (Å²) in [4.78, 5) is 12.0. The third-order valence-electron chi connectivity index (χ3n) is 2.22. The number of nitrogens with one attached hydrogen (secondary N) is 1. The van der Waals surface area contributed by atoms with Gasteiger partial charge in [-0.2, -0.15) is 0 Å². The molecule has 98 valence electrons. The molecule has 0 fully saturated rings. The van der Waals surface area contributed by atoms with Crippen molar-refractivity contribution in [1.29, 1.82) is 0 Å². The smallest absolute Gasteiger partial charge is 0.252 e. The maximum atomic E-state index is 12.0. The Morgan fingerprint density at radius 3 is 2.94 bits per heavy atom. The summed E-state index contributed by atoms with van der Waals surface area (Å²) in [6.45, 7) is 6.42. The Morgan fingerprint density at radius 1 is 1.56 bits per heavy atom. The van der Waals surface area contributed by atoms with Gasteiger partial charge < -0.3 is 10.1 Å². The molecule has 0 bridgehead atoms. The first-order valence-corrected chi connectivity index (χ1v) is 7.09. The third-order valence-corrected chi connectivity index (χ3v) is 3.41. The minimum atomic E-state index is -0.128. The van der Waals surface area contributed by atoms with Gasteiger partial charge in [0.15, 0.2) is 0 Å². The molecular weight excluding hydrogens is 362 g/mol. The van der Waals surface area contributed by atoms with Gasteiger partial charge in [-0.3, -0.25) is 4.79 Å². The monoisotopic (exact) mass is 375 g/mol. The molecule has 0 aliphatic rings. The second-order valence-corrected chi connectivity index (χ2v) is 5.54. The lowest BCUT2D eigenvalue weighted by Gasteiger charge is -2.13. The van der Waals surface area contributed by atoms with Crippen molar-refractivity contribution in [2.75, 3.05) is 13.2 Å². The highest BCUT2D eigenvalue weighted by atomic mass is 79.9. The summed E-state index contributed by atoms with van der Waals surface area (Å²) in [6, 6.07) is 5.47. The van der Waals surface area contributed by atoms with Crippen LogP contribution in [0.25, 0.3) is 0 Å². The van der Waals surface area contributed by atoms with Crippen molar-refractivity contribution in [2.45, 2.75) is 13.0 Å². The summed E-state index contributed by atoms with van der Waals surface area (Å²) >= 11 is 6.70. The van der Waals surface area contributed by atoms with Crippen molar-refractivity contribution < 1.29 is 9.53 Å². The molecule has 18 heavy (non-hydrogen) atoms. The molecule has 1 atom stereocenters.